The largest absolute Gasteiger partial charge is 0.497 e. The highest BCUT2D eigenvalue weighted by Gasteiger charge is 2.19. The van der Waals surface area contributed by atoms with Crippen molar-refractivity contribution in [3.8, 4) is 11.5 Å². The molecule has 27 heavy (non-hydrogen) atoms. The first-order chi connectivity index (χ1) is 13.2. The van der Waals surface area contributed by atoms with Crippen molar-refractivity contribution in [2.75, 3.05) is 38.3 Å². The average molecular weight is 370 g/mol. The van der Waals surface area contributed by atoms with Gasteiger partial charge in [0.25, 0.3) is 5.91 Å². The number of hydrogen-bond acceptors (Lipinski definition) is 6. The Bertz CT molecular complexity index is 743. The molecule has 144 valence electrons. The Morgan fingerprint density at radius 3 is 2.59 bits per heavy atom. The van der Waals surface area contributed by atoms with Crippen LogP contribution in [-0.2, 0) is 0 Å². The number of amides is 1. The molecule has 2 aromatic rings. The number of ether oxygens (including phenoxy) is 2. The molecule has 7 heteroatoms. The zero-order valence-corrected chi connectivity index (χ0v) is 15.9. The summed E-state index contributed by atoms with van der Waals surface area (Å²) in [5.74, 6) is 2.65. The zero-order chi connectivity index (χ0) is 19.1. The number of anilines is 1. The van der Waals surface area contributed by atoms with E-state index in [9.17, 15) is 4.79 Å². The molecule has 1 amide bonds. The Morgan fingerprint density at radius 2 is 1.89 bits per heavy atom. The van der Waals surface area contributed by atoms with Crippen LogP contribution in [0.15, 0.2) is 36.5 Å². The Morgan fingerprint density at radius 1 is 1.19 bits per heavy atom. The summed E-state index contributed by atoms with van der Waals surface area (Å²) >= 11 is 0. The van der Waals surface area contributed by atoms with E-state index in [0.29, 0.717) is 24.8 Å². The minimum Gasteiger partial charge on any atom is -0.497 e. The van der Waals surface area contributed by atoms with Crippen LogP contribution in [-0.4, -0.2) is 49.2 Å². The van der Waals surface area contributed by atoms with Crippen molar-refractivity contribution in [2.45, 2.75) is 19.8 Å². The number of piperidine rings is 1. The molecule has 1 N–H and O–H groups in total. The topological polar surface area (TPSA) is 76.6 Å². The van der Waals surface area contributed by atoms with E-state index in [-0.39, 0.29) is 5.91 Å². The fourth-order valence-corrected chi connectivity index (χ4v) is 2.93. The van der Waals surface area contributed by atoms with Crippen molar-refractivity contribution >= 4 is 11.9 Å². The highest BCUT2D eigenvalue weighted by atomic mass is 16.5. The maximum absolute atomic E-state index is 12.3. The van der Waals surface area contributed by atoms with E-state index in [1.54, 1.807) is 19.4 Å². The number of methoxy groups -OCH3 is 1. The van der Waals surface area contributed by atoms with Gasteiger partial charge in [0, 0.05) is 19.3 Å². The van der Waals surface area contributed by atoms with E-state index in [1.807, 2.05) is 24.3 Å². The van der Waals surface area contributed by atoms with E-state index in [4.69, 9.17) is 9.47 Å². The van der Waals surface area contributed by atoms with Gasteiger partial charge in [-0.15, -0.1) is 0 Å². The van der Waals surface area contributed by atoms with Crippen molar-refractivity contribution < 1.29 is 14.3 Å². The summed E-state index contributed by atoms with van der Waals surface area (Å²) in [7, 11) is 1.62. The number of hydrogen-bond donors (Lipinski definition) is 1. The number of aromatic nitrogens is 2. The molecule has 0 spiro atoms. The van der Waals surface area contributed by atoms with Gasteiger partial charge in [-0.1, -0.05) is 6.92 Å². The number of rotatable bonds is 7. The molecule has 1 aromatic heterocycles. The smallest absolute Gasteiger partial charge is 0.270 e. The van der Waals surface area contributed by atoms with Crippen molar-refractivity contribution in [3.63, 3.8) is 0 Å². The molecular weight excluding hydrogens is 344 g/mol. The lowest BCUT2D eigenvalue weighted by molar-refractivity contribution is 0.0942. The normalized spacial score (nSPS) is 14.7. The predicted octanol–water partition coefficient (Wildman–Crippen LogP) is 2.53. The molecule has 0 radical (unpaired) electrons. The van der Waals surface area contributed by atoms with E-state index < -0.39 is 0 Å². The van der Waals surface area contributed by atoms with E-state index >= 15 is 0 Å². The maximum atomic E-state index is 12.3. The molecule has 2 heterocycles. The summed E-state index contributed by atoms with van der Waals surface area (Å²) < 4.78 is 10.7. The number of nitrogens with zero attached hydrogens (tertiary/aromatic N) is 3. The first kappa shape index (κ1) is 18.9. The summed E-state index contributed by atoms with van der Waals surface area (Å²) in [6.07, 6.45) is 3.90. The minimum atomic E-state index is -0.220. The average Bonchev–Trinajstić information content (AvgIpc) is 2.72. The number of benzene rings is 1. The van der Waals surface area contributed by atoms with E-state index in [2.05, 4.69) is 27.1 Å². The third-order valence-corrected chi connectivity index (χ3v) is 4.66. The molecule has 1 aliphatic heterocycles. The van der Waals surface area contributed by atoms with Gasteiger partial charge in [-0.25, -0.2) is 9.97 Å². The lowest BCUT2D eigenvalue weighted by Gasteiger charge is -2.30. The minimum absolute atomic E-state index is 0.220. The first-order valence-corrected chi connectivity index (χ1v) is 9.29. The standard InChI is InChI=1S/C20H26N4O3/c1-15-8-12-24(13-9-15)20-22-10-7-18(23-20)19(25)21-11-14-27-17-5-3-16(26-2)4-6-17/h3-7,10,15H,8-9,11-14H2,1-2H3,(H,21,25). The van der Waals surface area contributed by atoms with E-state index in [0.717, 1.165) is 43.3 Å². The van der Waals surface area contributed by atoms with Crippen LogP contribution in [0.5, 0.6) is 11.5 Å². The van der Waals surface area contributed by atoms with Gasteiger partial charge >= 0.3 is 0 Å². The third kappa shape index (κ3) is 5.32. The second-order valence-electron chi connectivity index (χ2n) is 6.69. The predicted molar refractivity (Wildman–Crippen MR) is 103 cm³/mol. The van der Waals surface area contributed by atoms with Crippen LogP contribution >= 0.6 is 0 Å². The molecule has 3 rings (SSSR count). The van der Waals surface area contributed by atoms with Gasteiger partial charge in [0.05, 0.1) is 13.7 Å². The second-order valence-corrected chi connectivity index (χ2v) is 6.69. The number of nitrogens with one attached hydrogen (secondary N) is 1. The van der Waals surface area contributed by atoms with Gasteiger partial charge in [-0.05, 0) is 49.1 Å². The second kappa shape index (κ2) is 9.21. The van der Waals surface area contributed by atoms with E-state index in [1.165, 1.54) is 0 Å². The molecule has 0 unspecified atom stereocenters. The highest BCUT2D eigenvalue weighted by Crippen LogP contribution is 2.20. The first-order valence-electron chi connectivity index (χ1n) is 9.29. The van der Waals surface area contributed by atoms with Crippen LogP contribution in [0.25, 0.3) is 0 Å². The molecular formula is C20H26N4O3. The Kier molecular flexibility index (Phi) is 6.46. The Balaban J connectivity index is 1.47. The number of carbonyl (C=O) groups excluding carboxylic acids is 1. The van der Waals surface area contributed by atoms with Crippen molar-refractivity contribution in [2.24, 2.45) is 5.92 Å². The van der Waals surface area contributed by atoms with Gasteiger partial charge in [0.2, 0.25) is 5.95 Å². The van der Waals surface area contributed by atoms with Gasteiger partial charge in [0.1, 0.15) is 23.8 Å². The lowest BCUT2D eigenvalue weighted by atomic mass is 10.00. The van der Waals surface area contributed by atoms with Crippen LogP contribution in [0.3, 0.4) is 0 Å². The lowest BCUT2D eigenvalue weighted by Crippen LogP contribution is -2.35. The quantitative estimate of drug-likeness (QED) is 0.755. The molecule has 1 fully saturated rings. The van der Waals surface area contributed by atoms with Crippen LogP contribution in [0.4, 0.5) is 5.95 Å². The molecule has 1 aromatic carbocycles. The molecule has 1 saturated heterocycles. The fraction of sp³-hybridized carbons (Fsp3) is 0.450. The van der Waals surface area contributed by atoms with Crippen LogP contribution in [0.2, 0.25) is 0 Å². The zero-order valence-electron chi connectivity index (χ0n) is 15.9. The maximum Gasteiger partial charge on any atom is 0.270 e. The summed E-state index contributed by atoms with van der Waals surface area (Å²) in [5.41, 5.74) is 0.378. The summed E-state index contributed by atoms with van der Waals surface area (Å²) in [5, 5.41) is 2.83. The van der Waals surface area contributed by atoms with Crippen molar-refractivity contribution in [1.29, 1.82) is 0 Å². The van der Waals surface area contributed by atoms with Gasteiger partial charge < -0.3 is 19.7 Å². The molecule has 0 aliphatic carbocycles. The van der Waals surface area contributed by atoms with Crippen LogP contribution in [0, 0.1) is 5.92 Å². The summed E-state index contributed by atoms with van der Waals surface area (Å²) in [6, 6.07) is 8.96. The Labute approximate surface area is 159 Å². The molecule has 0 atom stereocenters. The van der Waals surface area contributed by atoms with Gasteiger partial charge in [0.15, 0.2) is 0 Å². The molecule has 0 bridgehead atoms. The van der Waals surface area contributed by atoms with Crippen molar-refractivity contribution in [1.82, 2.24) is 15.3 Å². The van der Waals surface area contributed by atoms with Gasteiger partial charge in [-0.2, -0.15) is 0 Å². The SMILES string of the molecule is COc1ccc(OCCNC(=O)c2ccnc(N3CCC(C)CC3)n2)cc1. The molecule has 1 aliphatic rings. The molecule has 0 saturated carbocycles. The third-order valence-electron chi connectivity index (χ3n) is 4.66. The number of carbonyl (C=O) groups is 1. The highest BCUT2D eigenvalue weighted by molar-refractivity contribution is 5.92. The van der Waals surface area contributed by atoms with Crippen LogP contribution in [0.1, 0.15) is 30.3 Å². The van der Waals surface area contributed by atoms with Crippen molar-refractivity contribution in [3.05, 3.63) is 42.2 Å². The van der Waals surface area contributed by atoms with Crippen LogP contribution < -0.4 is 19.7 Å². The Hall–Kier alpha value is -2.83. The molecule has 7 nitrogen and oxygen atoms in total. The monoisotopic (exact) mass is 370 g/mol. The van der Waals surface area contributed by atoms with Gasteiger partial charge in [-0.3, -0.25) is 4.79 Å². The summed E-state index contributed by atoms with van der Waals surface area (Å²) in [6.45, 7) is 4.89. The fourth-order valence-electron chi connectivity index (χ4n) is 2.93. The summed E-state index contributed by atoms with van der Waals surface area (Å²) in [4.78, 5) is 23.2.